The maximum Gasteiger partial charge on any atom is 0.257 e. The van der Waals surface area contributed by atoms with Crippen molar-refractivity contribution in [2.45, 2.75) is 6.42 Å². The van der Waals surface area contributed by atoms with Crippen molar-refractivity contribution in [3.8, 4) is 0 Å². The fraction of sp³-hybridized carbons (Fsp3) is 0.538. The van der Waals surface area contributed by atoms with Crippen molar-refractivity contribution in [1.82, 2.24) is 14.8 Å². The average molecular weight is 266 g/mol. The summed E-state index contributed by atoms with van der Waals surface area (Å²) in [5, 5.41) is 0. The summed E-state index contributed by atoms with van der Waals surface area (Å²) in [6.07, 6.45) is 3.48. The van der Waals surface area contributed by atoms with Crippen LogP contribution < -0.4 is 5.73 Å². The third kappa shape index (κ3) is 3.48. The van der Waals surface area contributed by atoms with Crippen LogP contribution in [0.15, 0.2) is 18.5 Å². The fourth-order valence-electron chi connectivity index (χ4n) is 2.21. The van der Waals surface area contributed by atoms with Gasteiger partial charge in [0, 0.05) is 32.4 Å². The van der Waals surface area contributed by atoms with Gasteiger partial charge in [-0.05, 0) is 25.6 Å². The molecule has 0 spiro atoms. The summed E-state index contributed by atoms with van der Waals surface area (Å²) in [6.45, 7) is 4.54. The van der Waals surface area contributed by atoms with Crippen molar-refractivity contribution in [3.63, 3.8) is 0 Å². The monoisotopic (exact) mass is 266 g/mol. The predicted molar refractivity (Wildman–Crippen MR) is 70.2 cm³/mol. The van der Waals surface area contributed by atoms with Crippen LogP contribution in [-0.2, 0) is 0 Å². The molecule has 19 heavy (non-hydrogen) atoms. The van der Waals surface area contributed by atoms with Crippen LogP contribution in [0.25, 0.3) is 0 Å². The van der Waals surface area contributed by atoms with E-state index in [-0.39, 0.29) is 11.5 Å². The van der Waals surface area contributed by atoms with E-state index >= 15 is 0 Å². The van der Waals surface area contributed by atoms with Crippen LogP contribution in [-0.4, -0.2) is 60.0 Å². The zero-order valence-electron chi connectivity index (χ0n) is 10.9. The molecule has 1 aliphatic heterocycles. The number of hydrogen-bond acceptors (Lipinski definition) is 4. The lowest BCUT2D eigenvalue weighted by molar-refractivity contribution is 0.0632. The molecule has 104 valence electrons. The molecule has 2 heterocycles. The third-order valence-corrected chi connectivity index (χ3v) is 3.34. The van der Waals surface area contributed by atoms with Crippen molar-refractivity contribution in [1.29, 1.82) is 0 Å². The number of rotatable bonds is 4. The molecule has 0 aromatic carbocycles. The Kier molecular flexibility index (Phi) is 4.81. The highest BCUT2D eigenvalue weighted by Crippen LogP contribution is 2.11. The van der Waals surface area contributed by atoms with Crippen LogP contribution in [0.2, 0.25) is 0 Å². The van der Waals surface area contributed by atoms with Crippen molar-refractivity contribution in [2.75, 3.05) is 39.3 Å². The summed E-state index contributed by atoms with van der Waals surface area (Å²) in [5.74, 6) is -0.809. The van der Waals surface area contributed by atoms with Gasteiger partial charge < -0.3 is 10.6 Å². The molecule has 2 rings (SSSR count). The van der Waals surface area contributed by atoms with Gasteiger partial charge in [0.05, 0.1) is 11.8 Å². The minimum atomic E-state index is -0.557. The maximum atomic E-state index is 13.5. The largest absolute Gasteiger partial charge is 0.336 e. The number of pyridine rings is 1. The van der Waals surface area contributed by atoms with Gasteiger partial charge in [0.15, 0.2) is 5.82 Å². The Labute approximate surface area is 112 Å². The molecule has 1 saturated heterocycles. The van der Waals surface area contributed by atoms with Crippen LogP contribution in [0.4, 0.5) is 4.39 Å². The maximum absolute atomic E-state index is 13.5. The first-order chi connectivity index (χ1) is 9.22. The van der Waals surface area contributed by atoms with Crippen LogP contribution in [0.5, 0.6) is 0 Å². The van der Waals surface area contributed by atoms with E-state index in [0.717, 1.165) is 32.3 Å². The first-order valence-corrected chi connectivity index (χ1v) is 6.53. The first kappa shape index (κ1) is 13.9. The van der Waals surface area contributed by atoms with Crippen molar-refractivity contribution < 1.29 is 9.18 Å². The first-order valence-electron chi connectivity index (χ1n) is 6.53. The molecule has 0 bridgehead atoms. The number of amides is 1. The number of nitrogens with zero attached hydrogens (tertiary/aromatic N) is 3. The van der Waals surface area contributed by atoms with E-state index in [9.17, 15) is 9.18 Å². The normalized spacial score (nSPS) is 16.6. The van der Waals surface area contributed by atoms with Gasteiger partial charge in [0.2, 0.25) is 0 Å². The van der Waals surface area contributed by atoms with Gasteiger partial charge in [-0.1, -0.05) is 0 Å². The molecule has 1 aromatic heterocycles. The summed E-state index contributed by atoms with van der Waals surface area (Å²) >= 11 is 0. The van der Waals surface area contributed by atoms with Gasteiger partial charge in [-0.2, -0.15) is 0 Å². The van der Waals surface area contributed by atoms with Gasteiger partial charge >= 0.3 is 0 Å². The minimum absolute atomic E-state index is 0.102. The lowest BCUT2D eigenvalue weighted by atomic mass is 10.2. The second-order valence-corrected chi connectivity index (χ2v) is 4.63. The molecule has 1 aromatic rings. The molecule has 0 atom stereocenters. The van der Waals surface area contributed by atoms with Crippen molar-refractivity contribution in [3.05, 3.63) is 29.8 Å². The quantitative estimate of drug-likeness (QED) is 0.853. The Hall–Kier alpha value is -1.53. The highest BCUT2D eigenvalue weighted by molar-refractivity contribution is 5.94. The van der Waals surface area contributed by atoms with Gasteiger partial charge in [0.25, 0.3) is 5.91 Å². The van der Waals surface area contributed by atoms with Gasteiger partial charge in [-0.3, -0.25) is 14.7 Å². The van der Waals surface area contributed by atoms with E-state index in [1.54, 1.807) is 4.90 Å². The Balaban J connectivity index is 1.91. The van der Waals surface area contributed by atoms with Gasteiger partial charge in [-0.15, -0.1) is 0 Å². The summed E-state index contributed by atoms with van der Waals surface area (Å²) in [7, 11) is 0. The number of nitrogens with two attached hydrogens (primary N) is 1. The lowest BCUT2D eigenvalue weighted by Crippen LogP contribution is -2.49. The molecule has 1 aliphatic rings. The zero-order valence-corrected chi connectivity index (χ0v) is 10.9. The molecule has 1 fully saturated rings. The topological polar surface area (TPSA) is 62.5 Å². The number of carbonyl (C=O) groups excluding carboxylic acids is 1. The van der Waals surface area contributed by atoms with Crippen molar-refractivity contribution >= 4 is 5.91 Å². The standard InChI is InChI=1S/C13H19FN4O/c14-12-10-16-4-2-11(12)13(19)18-8-6-17(7-9-18)5-1-3-15/h2,4,10H,1,3,5-9,15H2. The molecule has 6 heteroatoms. The van der Waals surface area contributed by atoms with E-state index in [4.69, 9.17) is 5.73 Å². The lowest BCUT2D eigenvalue weighted by Gasteiger charge is -2.34. The smallest absolute Gasteiger partial charge is 0.257 e. The highest BCUT2D eigenvalue weighted by atomic mass is 19.1. The average Bonchev–Trinajstić information content (AvgIpc) is 2.45. The summed E-state index contributed by atoms with van der Waals surface area (Å²) in [4.78, 5) is 19.8. The molecular formula is C13H19FN4O. The molecule has 0 unspecified atom stereocenters. The van der Waals surface area contributed by atoms with Crippen LogP contribution >= 0.6 is 0 Å². The third-order valence-electron chi connectivity index (χ3n) is 3.34. The van der Waals surface area contributed by atoms with E-state index in [1.807, 2.05) is 0 Å². The second kappa shape index (κ2) is 6.58. The van der Waals surface area contributed by atoms with Gasteiger partial charge in [0.1, 0.15) is 0 Å². The number of halogens is 1. The molecule has 2 N–H and O–H groups in total. The number of carbonyl (C=O) groups is 1. The summed E-state index contributed by atoms with van der Waals surface area (Å²) in [6, 6.07) is 1.43. The number of hydrogen-bond donors (Lipinski definition) is 1. The molecule has 1 amide bonds. The van der Waals surface area contributed by atoms with Crippen LogP contribution in [0.1, 0.15) is 16.8 Å². The van der Waals surface area contributed by atoms with Gasteiger partial charge in [-0.25, -0.2) is 4.39 Å². The van der Waals surface area contributed by atoms with E-state index in [1.165, 1.54) is 12.3 Å². The van der Waals surface area contributed by atoms with Crippen molar-refractivity contribution in [2.24, 2.45) is 5.73 Å². The molecule has 0 aliphatic carbocycles. The Bertz CT molecular complexity index is 432. The summed E-state index contributed by atoms with van der Waals surface area (Å²) < 4.78 is 13.5. The van der Waals surface area contributed by atoms with Crippen LogP contribution in [0.3, 0.4) is 0 Å². The molecular weight excluding hydrogens is 247 g/mol. The van der Waals surface area contributed by atoms with E-state index in [2.05, 4.69) is 9.88 Å². The Morgan fingerprint density at radius 3 is 2.74 bits per heavy atom. The zero-order chi connectivity index (χ0) is 13.7. The number of aromatic nitrogens is 1. The van der Waals surface area contributed by atoms with Crippen LogP contribution in [0, 0.1) is 5.82 Å². The predicted octanol–water partition coefficient (Wildman–Crippen LogP) is 0.327. The number of piperazine rings is 1. The molecule has 0 saturated carbocycles. The van der Waals surface area contributed by atoms with E-state index in [0.29, 0.717) is 19.6 Å². The summed E-state index contributed by atoms with van der Waals surface area (Å²) in [5.41, 5.74) is 5.58. The minimum Gasteiger partial charge on any atom is -0.336 e. The Morgan fingerprint density at radius 1 is 1.37 bits per heavy atom. The second-order valence-electron chi connectivity index (χ2n) is 4.63. The SMILES string of the molecule is NCCCN1CCN(C(=O)c2ccncc2F)CC1. The fourth-order valence-corrected chi connectivity index (χ4v) is 2.21. The molecule has 0 radical (unpaired) electrons. The Morgan fingerprint density at radius 2 is 2.11 bits per heavy atom. The highest BCUT2D eigenvalue weighted by Gasteiger charge is 2.23. The van der Waals surface area contributed by atoms with E-state index < -0.39 is 5.82 Å². The molecule has 5 nitrogen and oxygen atoms in total.